The molecule has 146 valence electrons. The molecule has 0 aliphatic rings. The summed E-state index contributed by atoms with van der Waals surface area (Å²) in [5.41, 5.74) is 0.891. The van der Waals surface area contributed by atoms with E-state index in [1.54, 1.807) is 12.1 Å². The lowest BCUT2D eigenvalue weighted by Crippen LogP contribution is -2.39. The van der Waals surface area contributed by atoms with E-state index in [1.807, 2.05) is 13.0 Å². The largest absolute Gasteiger partial charge is 0.357 e. The van der Waals surface area contributed by atoms with E-state index in [9.17, 15) is 12.8 Å². The molecule has 9 heteroatoms. The van der Waals surface area contributed by atoms with E-state index >= 15 is 0 Å². The Morgan fingerprint density at radius 3 is 2.74 bits per heavy atom. The van der Waals surface area contributed by atoms with Crippen molar-refractivity contribution in [3.05, 3.63) is 60.2 Å². The highest BCUT2D eigenvalue weighted by Gasteiger charge is 2.12. The van der Waals surface area contributed by atoms with Gasteiger partial charge in [0.25, 0.3) is 0 Å². The predicted octanol–water partition coefficient (Wildman–Crippen LogP) is 1.30. The van der Waals surface area contributed by atoms with Gasteiger partial charge in [-0.1, -0.05) is 12.1 Å². The number of rotatable bonds is 9. The number of hydrogen-bond donors (Lipinski definition) is 3. The fourth-order valence-corrected chi connectivity index (χ4v) is 3.28. The number of guanidine groups is 1. The molecule has 0 aliphatic heterocycles. The first kappa shape index (κ1) is 20.8. The molecule has 1 aromatic carbocycles. The molecular formula is C18H24FN5O2S. The molecule has 0 amide bonds. The lowest BCUT2D eigenvalue weighted by molar-refractivity contribution is 0.581. The lowest BCUT2D eigenvalue weighted by atomic mass is 10.1. The van der Waals surface area contributed by atoms with Gasteiger partial charge in [0.05, 0.1) is 6.54 Å². The Morgan fingerprint density at radius 1 is 1.19 bits per heavy atom. The summed E-state index contributed by atoms with van der Waals surface area (Å²) in [5, 5.41) is 6.23. The van der Waals surface area contributed by atoms with Crippen molar-refractivity contribution in [3.8, 4) is 0 Å². The zero-order valence-electron chi connectivity index (χ0n) is 15.2. The topological polar surface area (TPSA) is 95.5 Å². The summed E-state index contributed by atoms with van der Waals surface area (Å²) in [4.78, 5) is 8.26. The van der Waals surface area contributed by atoms with Gasteiger partial charge in [-0.2, -0.15) is 0 Å². The monoisotopic (exact) mass is 393 g/mol. The lowest BCUT2D eigenvalue weighted by Gasteiger charge is -2.11. The first-order valence-corrected chi connectivity index (χ1v) is 10.2. The maximum Gasteiger partial charge on any atom is 0.242 e. The molecule has 0 bridgehead atoms. The van der Waals surface area contributed by atoms with Crippen molar-refractivity contribution in [2.45, 2.75) is 18.2 Å². The van der Waals surface area contributed by atoms with E-state index in [-0.39, 0.29) is 23.8 Å². The number of sulfonamides is 1. The van der Waals surface area contributed by atoms with E-state index in [4.69, 9.17) is 0 Å². The van der Waals surface area contributed by atoms with Crippen LogP contribution in [-0.4, -0.2) is 45.5 Å². The fraction of sp³-hybridized carbons (Fsp3) is 0.333. The fourth-order valence-electron chi connectivity index (χ4n) is 2.30. The summed E-state index contributed by atoms with van der Waals surface area (Å²) >= 11 is 0. The van der Waals surface area contributed by atoms with Crippen LogP contribution in [0.1, 0.15) is 12.5 Å². The molecule has 1 aromatic heterocycles. The SMILES string of the molecule is CCNC(=NCCNS(=O)(=O)c1cccnc1)NCCc1cccc(F)c1. The molecule has 3 N–H and O–H groups in total. The van der Waals surface area contributed by atoms with Crippen molar-refractivity contribution in [1.29, 1.82) is 0 Å². The molecule has 0 radical (unpaired) electrons. The van der Waals surface area contributed by atoms with Gasteiger partial charge in [-0.3, -0.25) is 9.98 Å². The third-order valence-electron chi connectivity index (χ3n) is 3.56. The molecule has 0 unspecified atom stereocenters. The van der Waals surface area contributed by atoms with Crippen molar-refractivity contribution in [3.63, 3.8) is 0 Å². The Labute approximate surface area is 159 Å². The minimum atomic E-state index is -3.59. The van der Waals surface area contributed by atoms with Gasteiger partial charge in [-0.05, 0) is 43.2 Å². The third kappa shape index (κ3) is 7.32. The number of pyridine rings is 1. The molecule has 27 heavy (non-hydrogen) atoms. The molecule has 0 saturated carbocycles. The smallest absolute Gasteiger partial charge is 0.242 e. The van der Waals surface area contributed by atoms with Crippen molar-refractivity contribution < 1.29 is 12.8 Å². The van der Waals surface area contributed by atoms with E-state index in [0.717, 1.165) is 5.56 Å². The van der Waals surface area contributed by atoms with Crippen molar-refractivity contribution >= 4 is 16.0 Å². The standard InChI is InChI=1S/C18H24FN5O2S/c1-2-21-18(22-10-8-15-5-3-6-16(19)13-15)23-11-12-24-27(25,26)17-7-4-9-20-14-17/h3-7,9,13-14,24H,2,8,10-12H2,1H3,(H2,21,22,23). The van der Waals surface area contributed by atoms with Gasteiger partial charge in [-0.15, -0.1) is 0 Å². The van der Waals surface area contributed by atoms with Crippen molar-refractivity contribution in [2.75, 3.05) is 26.2 Å². The Hall–Kier alpha value is -2.52. The molecule has 0 aliphatic carbocycles. The van der Waals surface area contributed by atoms with E-state index in [0.29, 0.717) is 25.5 Å². The van der Waals surface area contributed by atoms with Crippen LogP contribution in [0, 0.1) is 5.82 Å². The highest BCUT2D eigenvalue weighted by Crippen LogP contribution is 2.05. The summed E-state index contributed by atoms with van der Waals surface area (Å²) < 4.78 is 39.9. The van der Waals surface area contributed by atoms with Crippen LogP contribution in [0.25, 0.3) is 0 Å². The second-order valence-corrected chi connectivity index (χ2v) is 7.42. The molecule has 0 atom stereocenters. The van der Waals surface area contributed by atoms with E-state index in [1.165, 1.54) is 30.6 Å². The predicted molar refractivity (Wildman–Crippen MR) is 104 cm³/mol. The normalized spacial score (nSPS) is 12.0. The first-order chi connectivity index (χ1) is 13.0. The van der Waals surface area contributed by atoms with Crippen LogP contribution in [0.4, 0.5) is 4.39 Å². The summed E-state index contributed by atoms with van der Waals surface area (Å²) in [7, 11) is -3.59. The number of aromatic nitrogens is 1. The van der Waals surface area contributed by atoms with Crippen LogP contribution in [0.5, 0.6) is 0 Å². The summed E-state index contributed by atoms with van der Waals surface area (Å²) in [6.07, 6.45) is 3.46. The number of aliphatic imine (C=N–C) groups is 1. The summed E-state index contributed by atoms with van der Waals surface area (Å²) in [5.74, 6) is 0.323. The van der Waals surface area contributed by atoms with Gasteiger partial charge in [0.1, 0.15) is 10.7 Å². The number of nitrogens with one attached hydrogen (secondary N) is 3. The number of hydrogen-bond acceptors (Lipinski definition) is 4. The van der Waals surface area contributed by atoms with Gasteiger partial charge >= 0.3 is 0 Å². The molecule has 2 rings (SSSR count). The van der Waals surface area contributed by atoms with Crippen LogP contribution in [0.2, 0.25) is 0 Å². The van der Waals surface area contributed by atoms with Gasteiger partial charge in [0.15, 0.2) is 5.96 Å². The van der Waals surface area contributed by atoms with Gasteiger partial charge < -0.3 is 10.6 Å². The number of halogens is 1. The van der Waals surface area contributed by atoms with E-state index in [2.05, 4.69) is 25.3 Å². The first-order valence-electron chi connectivity index (χ1n) is 8.67. The molecule has 0 fully saturated rings. The molecular weight excluding hydrogens is 369 g/mol. The maximum atomic E-state index is 13.2. The Balaban J connectivity index is 1.80. The summed E-state index contributed by atoms with van der Waals surface area (Å²) in [6, 6.07) is 9.50. The molecule has 2 aromatic rings. The highest BCUT2D eigenvalue weighted by atomic mass is 32.2. The molecule has 0 spiro atoms. The second-order valence-electron chi connectivity index (χ2n) is 5.65. The quantitative estimate of drug-likeness (QED) is 0.339. The average molecular weight is 393 g/mol. The Bertz CT molecular complexity index is 844. The third-order valence-corrected chi connectivity index (χ3v) is 5.00. The van der Waals surface area contributed by atoms with Gasteiger partial charge in [0.2, 0.25) is 10.0 Å². The minimum absolute atomic E-state index is 0.120. The van der Waals surface area contributed by atoms with Crippen LogP contribution in [0.3, 0.4) is 0 Å². The van der Waals surface area contributed by atoms with Crippen LogP contribution >= 0.6 is 0 Å². The molecule has 0 saturated heterocycles. The van der Waals surface area contributed by atoms with Gasteiger partial charge in [0, 0.05) is 32.0 Å². The Morgan fingerprint density at radius 2 is 2.04 bits per heavy atom. The van der Waals surface area contributed by atoms with Crippen LogP contribution in [-0.2, 0) is 16.4 Å². The number of nitrogens with zero attached hydrogens (tertiary/aromatic N) is 2. The average Bonchev–Trinajstić information content (AvgIpc) is 2.66. The molecule has 7 nitrogen and oxygen atoms in total. The van der Waals surface area contributed by atoms with Crippen molar-refractivity contribution in [2.24, 2.45) is 4.99 Å². The van der Waals surface area contributed by atoms with Crippen LogP contribution in [0.15, 0.2) is 58.7 Å². The minimum Gasteiger partial charge on any atom is -0.357 e. The maximum absolute atomic E-state index is 13.2. The molecule has 1 heterocycles. The second kappa shape index (κ2) is 10.6. The highest BCUT2D eigenvalue weighted by molar-refractivity contribution is 7.89. The van der Waals surface area contributed by atoms with E-state index < -0.39 is 10.0 Å². The Kier molecular flexibility index (Phi) is 8.15. The van der Waals surface area contributed by atoms with Crippen molar-refractivity contribution in [1.82, 2.24) is 20.3 Å². The number of benzene rings is 1. The van der Waals surface area contributed by atoms with Crippen LogP contribution < -0.4 is 15.4 Å². The van der Waals surface area contributed by atoms with Gasteiger partial charge in [-0.25, -0.2) is 17.5 Å². The zero-order chi connectivity index (χ0) is 19.5. The summed E-state index contributed by atoms with van der Waals surface area (Å²) in [6.45, 7) is 3.63. The zero-order valence-corrected chi connectivity index (χ0v) is 16.0.